The number of hydrogen-bond donors (Lipinski definition) is 1. The molecule has 28 heavy (non-hydrogen) atoms. The van der Waals surface area contributed by atoms with E-state index in [1.807, 2.05) is 0 Å². The van der Waals surface area contributed by atoms with E-state index in [1.54, 1.807) is 24.3 Å². The van der Waals surface area contributed by atoms with E-state index < -0.39 is 30.2 Å². The van der Waals surface area contributed by atoms with Crippen LogP contribution in [0.2, 0.25) is 5.15 Å². The summed E-state index contributed by atoms with van der Waals surface area (Å²) in [5.41, 5.74) is -0.355. The number of anilines is 1. The number of halogens is 4. The Balaban J connectivity index is 1.68. The minimum absolute atomic E-state index is 0.0618. The lowest BCUT2D eigenvalue weighted by atomic mass is 10.1. The molecule has 0 saturated carbocycles. The SMILES string of the molecule is O=C(COC(=O)c1cc(Cl)nc2ccccc12)Nc1cccc(C(F)(F)F)c1. The van der Waals surface area contributed by atoms with Crippen LogP contribution >= 0.6 is 11.6 Å². The number of hydrogen-bond acceptors (Lipinski definition) is 4. The summed E-state index contributed by atoms with van der Waals surface area (Å²) in [6.45, 7) is -0.677. The molecule has 2 aromatic carbocycles. The van der Waals surface area contributed by atoms with Crippen molar-refractivity contribution in [2.45, 2.75) is 6.18 Å². The van der Waals surface area contributed by atoms with Gasteiger partial charge in [-0.1, -0.05) is 35.9 Å². The molecule has 0 bridgehead atoms. The lowest BCUT2D eigenvalue weighted by molar-refractivity contribution is -0.137. The summed E-state index contributed by atoms with van der Waals surface area (Å²) in [6, 6.07) is 12.2. The number of amides is 1. The number of benzene rings is 2. The molecule has 5 nitrogen and oxygen atoms in total. The van der Waals surface area contributed by atoms with Crippen LogP contribution in [0.25, 0.3) is 10.9 Å². The number of para-hydroxylation sites is 1. The number of esters is 1. The molecule has 0 radical (unpaired) electrons. The molecule has 144 valence electrons. The first-order valence-corrected chi connectivity index (χ1v) is 8.31. The average molecular weight is 409 g/mol. The molecule has 1 aromatic heterocycles. The standard InChI is InChI=1S/C19H12ClF3N2O3/c20-16-9-14(13-6-1-2-7-15(13)25-16)18(27)28-10-17(26)24-12-5-3-4-11(8-12)19(21,22)23/h1-9H,10H2,(H,24,26). The van der Waals surface area contributed by atoms with Crippen LogP contribution in [0.1, 0.15) is 15.9 Å². The number of carbonyl (C=O) groups is 2. The van der Waals surface area contributed by atoms with Crippen molar-refractivity contribution in [3.8, 4) is 0 Å². The lowest BCUT2D eigenvalue weighted by Gasteiger charge is -2.11. The summed E-state index contributed by atoms with van der Waals surface area (Å²) in [6.07, 6.45) is -4.53. The fourth-order valence-corrected chi connectivity index (χ4v) is 2.69. The Morgan fingerprint density at radius 2 is 1.82 bits per heavy atom. The highest BCUT2D eigenvalue weighted by atomic mass is 35.5. The summed E-state index contributed by atoms with van der Waals surface area (Å²) in [4.78, 5) is 28.3. The second kappa shape index (κ2) is 7.85. The quantitative estimate of drug-likeness (QED) is 0.502. The van der Waals surface area contributed by atoms with Gasteiger partial charge in [-0.2, -0.15) is 13.2 Å². The molecule has 3 rings (SSSR count). The minimum atomic E-state index is -4.53. The van der Waals surface area contributed by atoms with Gasteiger partial charge in [-0.3, -0.25) is 4.79 Å². The van der Waals surface area contributed by atoms with Crippen molar-refractivity contribution in [2.24, 2.45) is 0 Å². The molecule has 0 aliphatic carbocycles. The highest BCUT2D eigenvalue weighted by molar-refractivity contribution is 6.30. The minimum Gasteiger partial charge on any atom is -0.452 e. The predicted molar refractivity (Wildman–Crippen MR) is 97.1 cm³/mol. The number of fused-ring (bicyclic) bond motifs is 1. The van der Waals surface area contributed by atoms with Gasteiger partial charge in [0.05, 0.1) is 16.6 Å². The van der Waals surface area contributed by atoms with E-state index >= 15 is 0 Å². The molecule has 1 heterocycles. The second-order valence-electron chi connectivity index (χ2n) is 5.71. The number of alkyl halides is 3. The van der Waals surface area contributed by atoms with E-state index in [1.165, 1.54) is 12.1 Å². The number of nitrogens with zero attached hydrogens (tertiary/aromatic N) is 1. The van der Waals surface area contributed by atoms with Crippen molar-refractivity contribution in [1.82, 2.24) is 4.98 Å². The molecule has 0 unspecified atom stereocenters. The van der Waals surface area contributed by atoms with E-state index in [2.05, 4.69) is 10.3 Å². The molecule has 0 fully saturated rings. The Hall–Kier alpha value is -3.13. The van der Waals surface area contributed by atoms with Crippen molar-refractivity contribution in [3.05, 3.63) is 70.9 Å². The van der Waals surface area contributed by atoms with Crippen LogP contribution in [0, 0.1) is 0 Å². The van der Waals surface area contributed by atoms with Crippen LogP contribution in [-0.2, 0) is 15.7 Å². The third kappa shape index (κ3) is 4.58. The maximum atomic E-state index is 12.7. The number of carbonyl (C=O) groups excluding carboxylic acids is 2. The Bertz CT molecular complexity index is 1050. The monoisotopic (exact) mass is 408 g/mol. The van der Waals surface area contributed by atoms with E-state index in [-0.39, 0.29) is 16.4 Å². The summed E-state index contributed by atoms with van der Waals surface area (Å²) < 4.78 is 43.1. The zero-order valence-electron chi connectivity index (χ0n) is 14.1. The highest BCUT2D eigenvalue weighted by Gasteiger charge is 2.30. The molecule has 3 aromatic rings. The third-order valence-electron chi connectivity index (χ3n) is 3.71. The fraction of sp³-hybridized carbons (Fsp3) is 0.105. The van der Waals surface area contributed by atoms with Crippen molar-refractivity contribution in [3.63, 3.8) is 0 Å². The van der Waals surface area contributed by atoms with Gasteiger partial charge in [-0.25, -0.2) is 9.78 Å². The lowest BCUT2D eigenvalue weighted by Crippen LogP contribution is -2.21. The number of aromatic nitrogens is 1. The molecule has 0 saturated heterocycles. The predicted octanol–water partition coefficient (Wildman–Crippen LogP) is 4.70. The van der Waals surface area contributed by atoms with E-state index in [0.717, 1.165) is 18.2 Å². The number of pyridine rings is 1. The molecular weight excluding hydrogens is 397 g/mol. The van der Waals surface area contributed by atoms with Crippen molar-refractivity contribution in [2.75, 3.05) is 11.9 Å². The highest BCUT2D eigenvalue weighted by Crippen LogP contribution is 2.30. The first-order valence-electron chi connectivity index (χ1n) is 7.93. The van der Waals surface area contributed by atoms with Gasteiger partial charge in [0.15, 0.2) is 6.61 Å². The summed E-state index contributed by atoms with van der Waals surface area (Å²) in [5.74, 6) is -1.59. The number of ether oxygens (including phenoxy) is 1. The van der Waals surface area contributed by atoms with Crippen molar-refractivity contribution in [1.29, 1.82) is 0 Å². The largest absolute Gasteiger partial charge is 0.452 e. The maximum Gasteiger partial charge on any atom is 0.416 e. The van der Waals surface area contributed by atoms with Crippen molar-refractivity contribution < 1.29 is 27.5 Å². The molecule has 9 heteroatoms. The second-order valence-corrected chi connectivity index (χ2v) is 6.10. The molecule has 1 N–H and O–H groups in total. The van der Waals surface area contributed by atoms with E-state index in [9.17, 15) is 22.8 Å². The van der Waals surface area contributed by atoms with Gasteiger partial charge in [0.1, 0.15) is 5.15 Å². The zero-order chi connectivity index (χ0) is 20.3. The first kappa shape index (κ1) is 19.6. The summed E-state index contributed by atoms with van der Waals surface area (Å²) in [7, 11) is 0. The molecular formula is C19H12ClF3N2O3. The average Bonchev–Trinajstić information content (AvgIpc) is 2.65. The van der Waals surface area contributed by atoms with Crippen molar-refractivity contribution >= 4 is 40.1 Å². The van der Waals surface area contributed by atoms with Gasteiger partial charge < -0.3 is 10.1 Å². The van der Waals surface area contributed by atoms with Crippen LogP contribution in [0.15, 0.2) is 54.6 Å². The van der Waals surface area contributed by atoms with E-state index in [4.69, 9.17) is 16.3 Å². The van der Waals surface area contributed by atoms with Gasteiger partial charge in [-0.05, 0) is 30.3 Å². The molecule has 0 atom stereocenters. The molecule has 0 spiro atoms. The normalized spacial score (nSPS) is 11.3. The van der Waals surface area contributed by atoms with Gasteiger partial charge in [0.25, 0.3) is 5.91 Å². The topological polar surface area (TPSA) is 68.3 Å². The molecule has 1 amide bonds. The van der Waals surface area contributed by atoms with Gasteiger partial charge in [0.2, 0.25) is 0 Å². The fourth-order valence-electron chi connectivity index (χ4n) is 2.49. The molecule has 0 aliphatic heterocycles. The summed E-state index contributed by atoms with van der Waals surface area (Å²) in [5, 5.41) is 2.83. The van der Waals surface area contributed by atoms with Gasteiger partial charge >= 0.3 is 12.1 Å². The van der Waals surface area contributed by atoms with Crippen LogP contribution < -0.4 is 5.32 Å². The Kier molecular flexibility index (Phi) is 5.51. The summed E-state index contributed by atoms with van der Waals surface area (Å²) >= 11 is 5.90. The number of nitrogens with one attached hydrogen (secondary N) is 1. The first-order chi connectivity index (χ1) is 13.2. The third-order valence-corrected chi connectivity index (χ3v) is 3.91. The van der Waals surface area contributed by atoms with Crippen LogP contribution in [0.3, 0.4) is 0 Å². The van der Waals surface area contributed by atoms with E-state index in [0.29, 0.717) is 10.9 Å². The maximum absolute atomic E-state index is 12.7. The smallest absolute Gasteiger partial charge is 0.416 e. The Morgan fingerprint density at radius 1 is 1.07 bits per heavy atom. The Labute approximate surface area is 162 Å². The van der Waals surface area contributed by atoms with Gasteiger partial charge in [0, 0.05) is 11.1 Å². The van der Waals surface area contributed by atoms with Crippen LogP contribution in [0.5, 0.6) is 0 Å². The molecule has 0 aliphatic rings. The number of rotatable bonds is 4. The van der Waals surface area contributed by atoms with Crippen LogP contribution in [0.4, 0.5) is 18.9 Å². The van der Waals surface area contributed by atoms with Gasteiger partial charge in [-0.15, -0.1) is 0 Å². The zero-order valence-corrected chi connectivity index (χ0v) is 14.8. The Morgan fingerprint density at radius 3 is 2.57 bits per heavy atom. The van der Waals surface area contributed by atoms with Crippen LogP contribution in [-0.4, -0.2) is 23.5 Å².